The average Bonchev–Trinajstić information content (AvgIpc) is 3.34. The van der Waals surface area contributed by atoms with Crippen LogP contribution >= 0.6 is 0 Å². The zero-order chi connectivity index (χ0) is 22.6. The van der Waals surface area contributed by atoms with Crippen molar-refractivity contribution in [2.24, 2.45) is 5.92 Å². The van der Waals surface area contributed by atoms with Crippen molar-refractivity contribution in [2.75, 3.05) is 13.1 Å². The smallest absolute Gasteiger partial charge is 0.243 e. The van der Waals surface area contributed by atoms with Gasteiger partial charge in [-0.15, -0.1) is 0 Å². The number of nitrogens with one attached hydrogen (secondary N) is 2. The van der Waals surface area contributed by atoms with E-state index in [0.29, 0.717) is 37.2 Å². The minimum Gasteiger partial charge on any atom is -0.346 e. The van der Waals surface area contributed by atoms with Crippen molar-refractivity contribution in [3.63, 3.8) is 0 Å². The average molecular weight is 453 g/mol. The fourth-order valence-electron chi connectivity index (χ4n) is 4.03. The van der Waals surface area contributed by atoms with Gasteiger partial charge >= 0.3 is 0 Å². The van der Waals surface area contributed by atoms with Crippen molar-refractivity contribution in [1.82, 2.24) is 19.6 Å². The van der Waals surface area contributed by atoms with Gasteiger partial charge < -0.3 is 10.3 Å². The monoisotopic (exact) mass is 452 g/mol. The number of hydrogen-bond acceptors (Lipinski definition) is 4. The van der Waals surface area contributed by atoms with Gasteiger partial charge in [0.15, 0.2) is 0 Å². The van der Waals surface area contributed by atoms with Gasteiger partial charge in [0.05, 0.1) is 22.8 Å². The lowest BCUT2D eigenvalue weighted by Crippen LogP contribution is -2.43. The first-order valence-electron chi connectivity index (χ1n) is 10.9. The molecule has 0 saturated carbocycles. The molecular formula is C24H28N4O3S. The highest BCUT2D eigenvalue weighted by molar-refractivity contribution is 7.89. The summed E-state index contributed by atoms with van der Waals surface area (Å²) in [4.78, 5) is 21.0. The zero-order valence-corrected chi connectivity index (χ0v) is 18.9. The van der Waals surface area contributed by atoms with E-state index in [1.165, 1.54) is 4.31 Å². The van der Waals surface area contributed by atoms with Crippen molar-refractivity contribution >= 4 is 15.9 Å². The highest BCUT2D eigenvalue weighted by Gasteiger charge is 2.32. The molecule has 1 unspecified atom stereocenters. The van der Waals surface area contributed by atoms with E-state index in [2.05, 4.69) is 15.3 Å². The Bertz CT molecular complexity index is 1140. The maximum atomic E-state index is 12.9. The van der Waals surface area contributed by atoms with E-state index in [-0.39, 0.29) is 17.9 Å². The summed E-state index contributed by atoms with van der Waals surface area (Å²) < 4.78 is 27.1. The van der Waals surface area contributed by atoms with Gasteiger partial charge in [0.25, 0.3) is 0 Å². The number of H-pyrrole nitrogens is 1. The van der Waals surface area contributed by atoms with Gasteiger partial charge in [-0.25, -0.2) is 13.4 Å². The van der Waals surface area contributed by atoms with Crippen molar-refractivity contribution in [3.8, 4) is 11.3 Å². The molecule has 1 amide bonds. The Morgan fingerprint density at radius 2 is 1.72 bits per heavy atom. The third-order valence-electron chi connectivity index (χ3n) is 5.94. The number of aromatic amines is 1. The molecule has 32 heavy (non-hydrogen) atoms. The second-order valence-electron chi connectivity index (χ2n) is 8.01. The van der Waals surface area contributed by atoms with E-state index in [1.807, 2.05) is 37.3 Å². The molecule has 1 saturated heterocycles. The topological polar surface area (TPSA) is 95.2 Å². The van der Waals surface area contributed by atoms with Gasteiger partial charge in [0.2, 0.25) is 15.9 Å². The molecule has 8 heteroatoms. The van der Waals surface area contributed by atoms with E-state index in [1.54, 1.807) is 36.5 Å². The van der Waals surface area contributed by atoms with Gasteiger partial charge in [-0.3, -0.25) is 4.79 Å². The normalized spacial score (nSPS) is 16.5. The number of carbonyl (C=O) groups excluding carboxylic acids is 1. The molecular weight excluding hydrogens is 424 g/mol. The highest BCUT2D eigenvalue weighted by Crippen LogP contribution is 2.25. The Kier molecular flexibility index (Phi) is 6.72. The predicted octanol–water partition coefficient (Wildman–Crippen LogP) is 3.74. The number of hydrogen-bond donors (Lipinski definition) is 2. The van der Waals surface area contributed by atoms with E-state index in [0.717, 1.165) is 17.1 Å². The molecule has 1 aliphatic rings. The molecule has 0 bridgehead atoms. The number of rotatable bonds is 7. The standard InChI is InChI=1S/C24H28N4O3S/c1-2-21(23-25-17-22(26-23)18-9-5-3-6-10-18)27-24(29)19-13-15-28(16-14-19)32(30,31)20-11-7-4-8-12-20/h3-12,17,19,21H,2,13-16H2,1H3,(H,25,26)(H,27,29). The SMILES string of the molecule is CCC(NC(=O)C1CCN(S(=O)(=O)c2ccccc2)CC1)c1ncc(-c2ccccc2)[nH]1. The van der Waals surface area contributed by atoms with Crippen LogP contribution < -0.4 is 5.32 Å². The molecule has 7 nitrogen and oxygen atoms in total. The van der Waals surface area contributed by atoms with Crippen molar-refractivity contribution in [3.05, 3.63) is 72.7 Å². The molecule has 2 aromatic carbocycles. The summed E-state index contributed by atoms with van der Waals surface area (Å²) >= 11 is 0. The second-order valence-corrected chi connectivity index (χ2v) is 9.95. The van der Waals surface area contributed by atoms with Crippen LogP contribution in [-0.2, 0) is 14.8 Å². The lowest BCUT2D eigenvalue weighted by Gasteiger charge is -2.31. The van der Waals surface area contributed by atoms with Crippen LogP contribution in [0, 0.1) is 5.92 Å². The van der Waals surface area contributed by atoms with E-state index < -0.39 is 10.0 Å². The first kappa shape index (κ1) is 22.2. The number of benzene rings is 2. The molecule has 1 atom stereocenters. The number of amides is 1. The Morgan fingerprint density at radius 1 is 1.09 bits per heavy atom. The van der Waals surface area contributed by atoms with Crippen LogP contribution in [0.1, 0.15) is 38.1 Å². The molecule has 3 aromatic rings. The summed E-state index contributed by atoms with van der Waals surface area (Å²) in [5, 5.41) is 3.10. The lowest BCUT2D eigenvalue weighted by molar-refractivity contribution is -0.127. The third-order valence-corrected chi connectivity index (χ3v) is 7.85. The first-order chi connectivity index (χ1) is 15.5. The number of nitrogens with zero attached hydrogens (tertiary/aromatic N) is 2. The molecule has 1 aromatic heterocycles. The molecule has 0 radical (unpaired) electrons. The largest absolute Gasteiger partial charge is 0.346 e. The van der Waals surface area contributed by atoms with Crippen LogP contribution in [0.15, 0.2) is 71.8 Å². The van der Waals surface area contributed by atoms with Crippen LogP contribution in [0.4, 0.5) is 0 Å². The van der Waals surface area contributed by atoms with E-state index in [9.17, 15) is 13.2 Å². The van der Waals surface area contributed by atoms with Gasteiger partial charge in [-0.2, -0.15) is 4.31 Å². The second kappa shape index (κ2) is 9.67. The number of carbonyl (C=O) groups is 1. The van der Waals surface area contributed by atoms with Crippen molar-refractivity contribution < 1.29 is 13.2 Å². The fourth-order valence-corrected chi connectivity index (χ4v) is 5.52. The molecule has 4 rings (SSSR count). The Labute approximate surface area is 188 Å². The molecule has 2 N–H and O–H groups in total. The molecule has 168 valence electrons. The first-order valence-corrected chi connectivity index (χ1v) is 12.4. The van der Waals surface area contributed by atoms with Crippen molar-refractivity contribution in [1.29, 1.82) is 0 Å². The van der Waals surface area contributed by atoms with Gasteiger partial charge in [-0.05, 0) is 37.0 Å². The fraction of sp³-hybridized carbons (Fsp3) is 0.333. The minimum atomic E-state index is -3.52. The zero-order valence-electron chi connectivity index (χ0n) is 18.1. The number of imidazole rings is 1. The molecule has 2 heterocycles. The summed E-state index contributed by atoms with van der Waals surface area (Å²) in [6.45, 7) is 2.68. The van der Waals surface area contributed by atoms with Gasteiger partial charge in [0, 0.05) is 19.0 Å². The number of aromatic nitrogens is 2. The van der Waals surface area contributed by atoms with Crippen molar-refractivity contribution in [2.45, 2.75) is 37.1 Å². The maximum absolute atomic E-state index is 12.9. The summed E-state index contributed by atoms with van der Waals surface area (Å²) in [6, 6.07) is 18.1. The molecule has 0 spiro atoms. The van der Waals surface area contributed by atoms with E-state index >= 15 is 0 Å². The molecule has 1 fully saturated rings. The Hall–Kier alpha value is -2.97. The van der Waals surface area contributed by atoms with Crippen LogP contribution in [0.25, 0.3) is 11.3 Å². The predicted molar refractivity (Wildman–Crippen MR) is 123 cm³/mol. The van der Waals surface area contributed by atoms with Crippen LogP contribution in [-0.4, -0.2) is 41.7 Å². The highest BCUT2D eigenvalue weighted by atomic mass is 32.2. The lowest BCUT2D eigenvalue weighted by atomic mass is 9.96. The van der Waals surface area contributed by atoms with Gasteiger partial charge in [0.1, 0.15) is 5.82 Å². The summed E-state index contributed by atoms with van der Waals surface area (Å²) in [6.07, 6.45) is 3.49. The summed E-state index contributed by atoms with van der Waals surface area (Å²) in [5.41, 5.74) is 1.95. The van der Waals surface area contributed by atoms with Crippen LogP contribution in [0.3, 0.4) is 0 Å². The van der Waals surface area contributed by atoms with E-state index in [4.69, 9.17) is 0 Å². The maximum Gasteiger partial charge on any atom is 0.243 e. The van der Waals surface area contributed by atoms with Gasteiger partial charge in [-0.1, -0.05) is 55.5 Å². The molecule has 0 aliphatic carbocycles. The third kappa shape index (κ3) is 4.76. The number of sulfonamides is 1. The van der Waals surface area contributed by atoms with Crippen LogP contribution in [0.2, 0.25) is 0 Å². The summed E-state index contributed by atoms with van der Waals surface area (Å²) in [5.74, 6) is 0.463. The Balaban J connectivity index is 1.37. The summed E-state index contributed by atoms with van der Waals surface area (Å²) in [7, 11) is -3.52. The minimum absolute atomic E-state index is 0.0497. The quantitative estimate of drug-likeness (QED) is 0.571. The molecule has 1 aliphatic heterocycles. The Morgan fingerprint density at radius 3 is 2.34 bits per heavy atom. The van der Waals surface area contributed by atoms with Crippen LogP contribution in [0.5, 0.6) is 0 Å². The number of piperidine rings is 1.